The Morgan fingerprint density at radius 3 is 2.52 bits per heavy atom. The van der Waals surface area contributed by atoms with Gasteiger partial charge < -0.3 is 10.0 Å². The van der Waals surface area contributed by atoms with E-state index in [4.69, 9.17) is 5.11 Å². The molecule has 1 aromatic heterocycles. The van der Waals surface area contributed by atoms with Crippen LogP contribution in [0.25, 0.3) is 0 Å². The van der Waals surface area contributed by atoms with Crippen LogP contribution in [0.3, 0.4) is 0 Å². The SMILES string of the molecule is O=C(O)CCN1CCN(c2cc(C(F)(F)F)ccn2)CC1. The highest BCUT2D eigenvalue weighted by Gasteiger charge is 2.31. The van der Waals surface area contributed by atoms with Gasteiger partial charge in [-0.1, -0.05) is 0 Å². The number of carbonyl (C=O) groups is 1. The summed E-state index contributed by atoms with van der Waals surface area (Å²) in [5.74, 6) is -0.542. The van der Waals surface area contributed by atoms with Crippen molar-refractivity contribution < 1.29 is 23.1 Å². The lowest BCUT2D eigenvalue weighted by Gasteiger charge is -2.35. The minimum Gasteiger partial charge on any atom is -0.481 e. The van der Waals surface area contributed by atoms with E-state index >= 15 is 0 Å². The van der Waals surface area contributed by atoms with Crippen molar-refractivity contribution in [1.82, 2.24) is 9.88 Å². The van der Waals surface area contributed by atoms with E-state index in [-0.39, 0.29) is 6.42 Å². The van der Waals surface area contributed by atoms with Crippen molar-refractivity contribution in [3.63, 3.8) is 0 Å². The Morgan fingerprint density at radius 2 is 1.95 bits per heavy atom. The molecule has 5 nitrogen and oxygen atoms in total. The summed E-state index contributed by atoms with van der Waals surface area (Å²) in [4.78, 5) is 18.3. The number of anilines is 1. The summed E-state index contributed by atoms with van der Waals surface area (Å²) in [6.45, 7) is 2.76. The van der Waals surface area contributed by atoms with Crippen LogP contribution in [-0.2, 0) is 11.0 Å². The quantitative estimate of drug-likeness (QED) is 0.917. The fourth-order valence-electron chi connectivity index (χ4n) is 2.22. The van der Waals surface area contributed by atoms with Crippen molar-refractivity contribution in [2.75, 3.05) is 37.6 Å². The van der Waals surface area contributed by atoms with E-state index in [1.165, 1.54) is 0 Å². The normalized spacial score (nSPS) is 17.0. The van der Waals surface area contributed by atoms with Crippen LogP contribution < -0.4 is 4.90 Å². The first-order valence-electron chi connectivity index (χ1n) is 6.58. The third-order valence-corrected chi connectivity index (χ3v) is 3.41. The number of aromatic nitrogens is 1. The zero-order valence-electron chi connectivity index (χ0n) is 11.3. The van der Waals surface area contributed by atoms with Gasteiger partial charge in [-0.15, -0.1) is 0 Å². The van der Waals surface area contributed by atoms with Crippen molar-refractivity contribution >= 4 is 11.8 Å². The van der Waals surface area contributed by atoms with Crippen molar-refractivity contribution in [3.05, 3.63) is 23.9 Å². The molecule has 0 aromatic carbocycles. The minimum atomic E-state index is -4.37. The third-order valence-electron chi connectivity index (χ3n) is 3.41. The van der Waals surface area contributed by atoms with Crippen LogP contribution in [0, 0.1) is 0 Å². The zero-order valence-corrected chi connectivity index (χ0v) is 11.3. The number of nitrogens with zero attached hydrogens (tertiary/aromatic N) is 3. The van der Waals surface area contributed by atoms with Crippen LogP contribution in [0.2, 0.25) is 0 Å². The van der Waals surface area contributed by atoms with Gasteiger partial charge in [-0.25, -0.2) is 4.98 Å². The lowest BCUT2D eigenvalue weighted by Crippen LogP contribution is -2.47. The molecular formula is C13H16F3N3O2. The van der Waals surface area contributed by atoms with Gasteiger partial charge in [-0.2, -0.15) is 13.2 Å². The summed E-state index contributed by atoms with van der Waals surface area (Å²) in [5.41, 5.74) is -0.708. The molecule has 1 saturated heterocycles. The molecular weight excluding hydrogens is 287 g/mol. The van der Waals surface area contributed by atoms with Gasteiger partial charge in [0.2, 0.25) is 0 Å². The Labute approximate surface area is 120 Å². The number of alkyl halides is 3. The minimum absolute atomic E-state index is 0.0712. The van der Waals surface area contributed by atoms with Crippen LogP contribution in [0.1, 0.15) is 12.0 Å². The van der Waals surface area contributed by atoms with Crippen LogP contribution in [-0.4, -0.2) is 53.7 Å². The second kappa shape index (κ2) is 6.30. The van der Waals surface area contributed by atoms with E-state index in [0.29, 0.717) is 38.5 Å². The molecule has 0 spiro atoms. The highest BCUT2D eigenvalue weighted by molar-refractivity contribution is 5.66. The average molecular weight is 303 g/mol. The molecule has 1 aromatic rings. The maximum Gasteiger partial charge on any atom is 0.416 e. The molecule has 0 saturated carbocycles. The molecule has 21 heavy (non-hydrogen) atoms. The molecule has 1 fully saturated rings. The lowest BCUT2D eigenvalue weighted by molar-refractivity contribution is -0.138. The molecule has 116 valence electrons. The maximum absolute atomic E-state index is 12.7. The summed E-state index contributed by atoms with van der Waals surface area (Å²) >= 11 is 0. The molecule has 0 bridgehead atoms. The highest BCUT2D eigenvalue weighted by Crippen LogP contribution is 2.30. The Bertz CT molecular complexity index is 500. The van der Waals surface area contributed by atoms with Gasteiger partial charge >= 0.3 is 12.1 Å². The second-order valence-corrected chi connectivity index (χ2v) is 4.87. The van der Waals surface area contributed by atoms with Gasteiger partial charge in [0, 0.05) is 38.9 Å². The van der Waals surface area contributed by atoms with E-state index in [1.807, 2.05) is 4.90 Å². The van der Waals surface area contributed by atoms with E-state index < -0.39 is 17.7 Å². The van der Waals surface area contributed by atoms with Gasteiger partial charge in [0.25, 0.3) is 0 Å². The smallest absolute Gasteiger partial charge is 0.416 e. The van der Waals surface area contributed by atoms with Gasteiger partial charge in [-0.05, 0) is 12.1 Å². The van der Waals surface area contributed by atoms with Gasteiger partial charge in [-0.3, -0.25) is 9.69 Å². The topological polar surface area (TPSA) is 56.7 Å². The number of pyridine rings is 1. The highest BCUT2D eigenvalue weighted by atomic mass is 19.4. The fraction of sp³-hybridized carbons (Fsp3) is 0.538. The largest absolute Gasteiger partial charge is 0.481 e. The number of carboxylic acid groups (broad SMARTS) is 1. The summed E-state index contributed by atoms with van der Waals surface area (Å²) in [6, 6.07) is 2.00. The van der Waals surface area contributed by atoms with Gasteiger partial charge in [0.1, 0.15) is 5.82 Å². The average Bonchev–Trinajstić information content (AvgIpc) is 2.45. The standard InChI is InChI=1S/C13H16F3N3O2/c14-13(15,16)10-1-3-17-11(9-10)19-7-5-18(6-8-19)4-2-12(20)21/h1,3,9H,2,4-8H2,(H,20,21). The predicted molar refractivity (Wildman–Crippen MR) is 70.1 cm³/mol. The number of hydrogen-bond acceptors (Lipinski definition) is 4. The van der Waals surface area contributed by atoms with E-state index in [9.17, 15) is 18.0 Å². The first-order chi connectivity index (χ1) is 9.86. The third kappa shape index (κ3) is 4.32. The first kappa shape index (κ1) is 15.6. The van der Waals surface area contributed by atoms with Crippen LogP contribution in [0.15, 0.2) is 18.3 Å². The molecule has 1 aliphatic heterocycles. The molecule has 1 N–H and O–H groups in total. The summed E-state index contributed by atoms with van der Waals surface area (Å²) < 4.78 is 38.0. The monoisotopic (exact) mass is 303 g/mol. The molecule has 1 aliphatic rings. The van der Waals surface area contributed by atoms with Crippen molar-refractivity contribution in [1.29, 1.82) is 0 Å². The number of carboxylic acids is 1. The van der Waals surface area contributed by atoms with E-state index in [2.05, 4.69) is 4.98 Å². The Hall–Kier alpha value is -1.83. The van der Waals surface area contributed by atoms with Crippen molar-refractivity contribution in [2.24, 2.45) is 0 Å². The number of aliphatic carboxylic acids is 1. The van der Waals surface area contributed by atoms with Crippen molar-refractivity contribution in [2.45, 2.75) is 12.6 Å². The van der Waals surface area contributed by atoms with Crippen LogP contribution >= 0.6 is 0 Å². The lowest BCUT2D eigenvalue weighted by atomic mass is 10.2. The number of hydrogen-bond donors (Lipinski definition) is 1. The van der Waals surface area contributed by atoms with Crippen LogP contribution in [0.4, 0.5) is 19.0 Å². The van der Waals surface area contributed by atoms with E-state index in [0.717, 1.165) is 18.3 Å². The Morgan fingerprint density at radius 1 is 1.29 bits per heavy atom. The summed E-state index contributed by atoms with van der Waals surface area (Å²) in [5, 5.41) is 8.63. The predicted octanol–water partition coefficient (Wildman–Crippen LogP) is 1.70. The van der Waals surface area contributed by atoms with Crippen LogP contribution in [0.5, 0.6) is 0 Å². The van der Waals surface area contributed by atoms with Crippen molar-refractivity contribution in [3.8, 4) is 0 Å². The molecule has 2 rings (SSSR count). The Kier molecular flexibility index (Phi) is 4.66. The molecule has 2 heterocycles. The van der Waals surface area contributed by atoms with Gasteiger partial charge in [0.05, 0.1) is 12.0 Å². The molecule has 0 unspecified atom stereocenters. The summed E-state index contributed by atoms with van der Waals surface area (Å²) in [7, 11) is 0. The number of halogens is 3. The number of piperazine rings is 1. The Balaban J connectivity index is 1.95. The maximum atomic E-state index is 12.7. The molecule has 8 heteroatoms. The number of rotatable bonds is 4. The van der Waals surface area contributed by atoms with Gasteiger partial charge in [0.15, 0.2) is 0 Å². The molecule has 0 amide bonds. The zero-order chi connectivity index (χ0) is 15.5. The molecule has 0 atom stereocenters. The molecule has 0 radical (unpaired) electrons. The second-order valence-electron chi connectivity index (χ2n) is 4.87. The van der Waals surface area contributed by atoms with E-state index in [1.54, 1.807) is 4.90 Å². The first-order valence-corrected chi connectivity index (χ1v) is 6.58. The molecule has 0 aliphatic carbocycles. The fourth-order valence-corrected chi connectivity index (χ4v) is 2.22. The summed E-state index contributed by atoms with van der Waals surface area (Å²) in [6.07, 6.45) is -3.14.